The summed E-state index contributed by atoms with van der Waals surface area (Å²) in [7, 11) is 2.52. The monoisotopic (exact) mass is 287 g/mol. The standard InChI is InChI=1S/C13H21NO6/c1-8(6-10(15)18-2)11(13(17)19-3)14-12(16)9-4-5-20-7-9/h8-9,11H,4-7H2,1-3H3,(H,14,16)/t8-,9+,11-/m0/s1. The Morgan fingerprint density at radius 2 is 2.00 bits per heavy atom. The average Bonchev–Trinajstić information content (AvgIpc) is 2.97. The lowest BCUT2D eigenvalue weighted by atomic mass is 9.97. The van der Waals surface area contributed by atoms with Crippen LogP contribution in [0.4, 0.5) is 0 Å². The van der Waals surface area contributed by atoms with Crippen molar-refractivity contribution >= 4 is 17.8 Å². The highest BCUT2D eigenvalue weighted by atomic mass is 16.5. The van der Waals surface area contributed by atoms with Crippen LogP contribution in [0.2, 0.25) is 0 Å². The van der Waals surface area contributed by atoms with Gasteiger partial charge in [0.05, 0.1) is 33.2 Å². The Bertz CT molecular complexity index is 364. The third-order valence-corrected chi connectivity index (χ3v) is 3.34. The molecule has 0 aliphatic carbocycles. The van der Waals surface area contributed by atoms with Gasteiger partial charge in [0.2, 0.25) is 5.91 Å². The van der Waals surface area contributed by atoms with E-state index in [1.807, 2.05) is 0 Å². The van der Waals surface area contributed by atoms with Crippen molar-refractivity contribution < 1.29 is 28.6 Å². The minimum absolute atomic E-state index is 0.0255. The van der Waals surface area contributed by atoms with Crippen molar-refractivity contribution in [2.75, 3.05) is 27.4 Å². The van der Waals surface area contributed by atoms with Crippen molar-refractivity contribution in [2.24, 2.45) is 11.8 Å². The Balaban J connectivity index is 2.65. The first kappa shape index (κ1) is 16.4. The molecular formula is C13H21NO6. The lowest BCUT2D eigenvalue weighted by Gasteiger charge is -2.23. The maximum absolute atomic E-state index is 12.0. The fourth-order valence-corrected chi connectivity index (χ4v) is 2.04. The Hall–Kier alpha value is -1.63. The van der Waals surface area contributed by atoms with Crippen molar-refractivity contribution in [3.05, 3.63) is 0 Å². The molecule has 0 aromatic carbocycles. The molecule has 20 heavy (non-hydrogen) atoms. The van der Waals surface area contributed by atoms with Gasteiger partial charge in [0.1, 0.15) is 6.04 Å². The highest BCUT2D eigenvalue weighted by molar-refractivity contribution is 5.86. The van der Waals surface area contributed by atoms with Gasteiger partial charge in [0.25, 0.3) is 0 Å². The molecule has 1 fully saturated rings. The van der Waals surface area contributed by atoms with Crippen molar-refractivity contribution in [3.8, 4) is 0 Å². The van der Waals surface area contributed by atoms with Crippen molar-refractivity contribution in [3.63, 3.8) is 0 Å². The van der Waals surface area contributed by atoms with Crippen LogP contribution in [0.5, 0.6) is 0 Å². The minimum atomic E-state index is -0.868. The van der Waals surface area contributed by atoms with E-state index in [1.54, 1.807) is 6.92 Å². The van der Waals surface area contributed by atoms with Crippen molar-refractivity contribution in [1.82, 2.24) is 5.32 Å². The maximum Gasteiger partial charge on any atom is 0.328 e. The maximum atomic E-state index is 12.0. The van der Waals surface area contributed by atoms with Crippen molar-refractivity contribution in [1.29, 1.82) is 0 Å². The van der Waals surface area contributed by atoms with E-state index in [-0.39, 0.29) is 18.2 Å². The summed E-state index contributed by atoms with van der Waals surface area (Å²) in [5, 5.41) is 2.64. The summed E-state index contributed by atoms with van der Waals surface area (Å²) in [6.07, 6.45) is 0.656. The zero-order valence-corrected chi connectivity index (χ0v) is 12.0. The van der Waals surface area contributed by atoms with Crippen LogP contribution in [0, 0.1) is 11.8 Å². The Kier molecular flexibility index (Phi) is 6.44. The second-order valence-corrected chi connectivity index (χ2v) is 4.83. The second kappa shape index (κ2) is 7.84. The third-order valence-electron chi connectivity index (χ3n) is 3.34. The smallest absolute Gasteiger partial charge is 0.328 e. The van der Waals surface area contributed by atoms with Gasteiger partial charge in [-0.1, -0.05) is 6.92 Å². The predicted molar refractivity (Wildman–Crippen MR) is 68.7 cm³/mol. The first-order valence-corrected chi connectivity index (χ1v) is 6.52. The van der Waals surface area contributed by atoms with Crippen LogP contribution >= 0.6 is 0 Å². The molecule has 1 amide bonds. The molecular weight excluding hydrogens is 266 g/mol. The summed E-state index contributed by atoms with van der Waals surface area (Å²) < 4.78 is 14.4. The molecule has 3 atom stereocenters. The molecule has 0 aromatic heterocycles. The SMILES string of the molecule is COC(=O)C[C@H](C)[C@H](NC(=O)[C@@H]1CCOC1)C(=O)OC. The molecule has 1 saturated heterocycles. The van der Waals surface area contributed by atoms with E-state index in [0.29, 0.717) is 19.6 Å². The molecule has 114 valence electrons. The van der Waals surface area contributed by atoms with E-state index in [0.717, 1.165) is 0 Å². The van der Waals surface area contributed by atoms with Crippen LogP contribution in [0.15, 0.2) is 0 Å². The average molecular weight is 287 g/mol. The van der Waals surface area contributed by atoms with E-state index in [1.165, 1.54) is 14.2 Å². The molecule has 7 heteroatoms. The van der Waals surface area contributed by atoms with E-state index < -0.39 is 23.9 Å². The van der Waals surface area contributed by atoms with Gasteiger partial charge in [0, 0.05) is 6.61 Å². The summed E-state index contributed by atoms with van der Waals surface area (Å²) >= 11 is 0. The number of hydrogen-bond donors (Lipinski definition) is 1. The fraction of sp³-hybridized carbons (Fsp3) is 0.769. The molecule has 1 aliphatic rings. The zero-order valence-electron chi connectivity index (χ0n) is 12.0. The molecule has 1 rings (SSSR count). The van der Waals surface area contributed by atoms with E-state index >= 15 is 0 Å². The molecule has 0 spiro atoms. The minimum Gasteiger partial charge on any atom is -0.469 e. The van der Waals surface area contributed by atoms with Gasteiger partial charge in [-0.15, -0.1) is 0 Å². The van der Waals surface area contributed by atoms with Gasteiger partial charge in [-0.2, -0.15) is 0 Å². The number of carbonyl (C=O) groups excluding carboxylic acids is 3. The molecule has 0 radical (unpaired) electrons. The third kappa shape index (κ3) is 4.48. The molecule has 1 heterocycles. The first-order chi connectivity index (χ1) is 9.49. The molecule has 1 N–H and O–H groups in total. The first-order valence-electron chi connectivity index (χ1n) is 6.52. The summed E-state index contributed by atoms with van der Waals surface area (Å²) in [6.45, 7) is 2.58. The van der Waals surface area contributed by atoms with Crippen LogP contribution < -0.4 is 5.32 Å². The van der Waals surface area contributed by atoms with Gasteiger partial charge < -0.3 is 19.5 Å². The molecule has 7 nitrogen and oxygen atoms in total. The van der Waals surface area contributed by atoms with Crippen LogP contribution in [0.3, 0.4) is 0 Å². The Labute approximate surface area is 117 Å². The van der Waals surface area contributed by atoms with Gasteiger partial charge in [0.15, 0.2) is 0 Å². The molecule has 0 unspecified atom stereocenters. The lowest BCUT2D eigenvalue weighted by molar-refractivity contribution is -0.149. The summed E-state index contributed by atoms with van der Waals surface area (Å²) in [5.74, 6) is -1.94. The van der Waals surface area contributed by atoms with Gasteiger partial charge in [-0.05, 0) is 12.3 Å². The predicted octanol–water partition coefficient (Wildman–Crippen LogP) is -0.120. The number of hydrogen-bond acceptors (Lipinski definition) is 6. The van der Waals surface area contributed by atoms with Gasteiger partial charge in [-0.25, -0.2) is 4.79 Å². The van der Waals surface area contributed by atoms with Crippen LogP contribution in [-0.2, 0) is 28.6 Å². The number of esters is 2. The fourth-order valence-electron chi connectivity index (χ4n) is 2.04. The largest absolute Gasteiger partial charge is 0.469 e. The summed E-state index contributed by atoms with van der Waals surface area (Å²) in [6, 6.07) is -0.868. The number of nitrogens with one attached hydrogen (secondary N) is 1. The number of amides is 1. The van der Waals surface area contributed by atoms with Crippen LogP contribution in [0.1, 0.15) is 19.8 Å². The molecule has 0 bridgehead atoms. The van der Waals surface area contributed by atoms with Crippen molar-refractivity contribution in [2.45, 2.75) is 25.8 Å². The molecule has 0 aromatic rings. The Morgan fingerprint density at radius 3 is 2.50 bits per heavy atom. The van der Waals surface area contributed by atoms with E-state index in [2.05, 4.69) is 14.8 Å². The van der Waals surface area contributed by atoms with Crippen LogP contribution in [0.25, 0.3) is 0 Å². The number of ether oxygens (including phenoxy) is 3. The molecule has 0 saturated carbocycles. The quantitative estimate of drug-likeness (QED) is 0.685. The zero-order chi connectivity index (χ0) is 15.1. The van der Waals surface area contributed by atoms with Gasteiger partial charge >= 0.3 is 11.9 Å². The highest BCUT2D eigenvalue weighted by Gasteiger charge is 2.32. The van der Waals surface area contributed by atoms with E-state index in [4.69, 9.17) is 4.74 Å². The normalized spacial score (nSPS) is 20.9. The highest BCUT2D eigenvalue weighted by Crippen LogP contribution is 2.15. The summed E-state index contributed by atoms with van der Waals surface area (Å²) in [5.41, 5.74) is 0. The number of carbonyl (C=O) groups is 3. The Morgan fingerprint density at radius 1 is 1.30 bits per heavy atom. The summed E-state index contributed by atoms with van der Waals surface area (Å²) in [4.78, 5) is 35.0. The van der Waals surface area contributed by atoms with Gasteiger partial charge in [-0.3, -0.25) is 9.59 Å². The topological polar surface area (TPSA) is 90.9 Å². The number of methoxy groups -OCH3 is 2. The molecule has 1 aliphatic heterocycles. The van der Waals surface area contributed by atoms with E-state index in [9.17, 15) is 14.4 Å². The van der Waals surface area contributed by atoms with Crippen LogP contribution in [-0.4, -0.2) is 51.3 Å². The number of rotatable bonds is 6. The lowest BCUT2D eigenvalue weighted by Crippen LogP contribution is -2.48. The second-order valence-electron chi connectivity index (χ2n) is 4.83.